The molecular formula is C23H30ClN3O2. The Balaban J connectivity index is 0.00000240. The Hall–Kier alpha value is -2.08. The molecular weight excluding hydrogens is 386 g/mol. The highest BCUT2D eigenvalue weighted by Gasteiger charge is 2.25. The maximum absolute atomic E-state index is 12.6. The molecule has 156 valence electrons. The van der Waals surface area contributed by atoms with Crippen LogP contribution in [-0.4, -0.2) is 56.7 Å². The van der Waals surface area contributed by atoms with Crippen LogP contribution in [-0.2, 0) is 22.4 Å². The van der Waals surface area contributed by atoms with Crippen LogP contribution in [0.4, 0.5) is 11.4 Å². The minimum atomic E-state index is -0.349. The number of amides is 1. The Bertz CT molecular complexity index is 776. The predicted molar refractivity (Wildman–Crippen MR) is 119 cm³/mol. The average Bonchev–Trinajstić information content (AvgIpc) is 2.91. The number of morpholine rings is 1. The fraction of sp³-hybridized carbons (Fsp3) is 0.435. The van der Waals surface area contributed by atoms with Gasteiger partial charge >= 0.3 is 0 Å². The Morgan fingerprint density at radius 2 is 1.72 bits per heavy atom. The molecule has 0 aliphatic carbocycles. The molecule has 0 radical (unpaired) electrons. The molecule has 0 saturated carbocycles. The molecule has 1 unspecified atom stereocenters. The molecule has 1 N–H and O–H groups in total. The van der Waals surface area contributed by atoms with Gasteiger partial charge in [-0.15, -0.1) is 12.4 Å². The van der Waals surface area contributed by atoms with Crippen molar-refractivity contribution in [2.45, 2.75) is 25.4 Å². The van der Waals surface area contributed by atoms with Gasteiger partial charge < -0.3 is 19.9 Å². The number of nitrogens with zero attached hydrogens (tertiary/aromatic N) is 2. The molecule has 2 aliphatic heterocycles. The van der Waals surface area contributed by atoms with Gasteiger partial charge in [-0.3, -0.25) is 4.79 Å². The van der Waals surface area contributed by atoms with Crippen LogP contribution in [0.25, 0.3) is 0 Å². The summed E-state index contributed by atoms with van der Waals surface area (Å²) in [5, 5.41) is 3.23. The number of carbonyl (C=O) groups is 1. The van der Waals surface area contributed by atoms with Crippen molar-refractivity contribution in [1.29, 1.82) is 0 Å². The second-order valence-electron chi connectivity index (χ2n) is 7.59. The van der Waals surface area contributed by atoms with E-state index in [1.54, 1.807) is 0 Å². The summed E-state index contributed by atoms with van der Waals surface area (Å²) >= 11 is 0. The number of hydrogen-bond acceptors (Lipinski definition) is 4. The molecule has 5 nitrogen and oxygen atoms in total. The first-order valence-electron chi connectivity index (χ1n) is 10.2. The molecule has 0 spiro atoms. The minimum absolute atomic E-state index is 0. The first kappa shape index (κ1) is 21.6. The number of ether oxygens (including phenoxy) is 1. The van der Waals surface area contributed by atoms with Crippen LogP contribution in [0.3, 0.4) is 0 Å². The van der Waals surface area contributed by atoms with Crippen molar-refractivity contribution in [1.82, 2.24) is 10.2 Å². The molecule has 0 bridgehead atoms. The lowest BCUT2D eigenvalue weighted by atomic mass is 10.0. The van der Waals surface area contributed by atoms with E-state index in [-0.39, 0.29) is 24.4 Å². The zero-order chi connectivity index (χ0) is 19.3. The molecule has 2 heterocycles. The highest BCUT2D eigenvalue weighted by Crippen LogP contribution is 2.35. The fourth-order valence-corrected chi connectivity index (χ4v) is 4.16. The number of likely N-dealkylation sites (N-methyl/N-ethyl adjacent to an activating group) is 1. The molecule has 4 rings (SSSR count). The summed E-state index contributed by atoms with van der Waals surface area (Å²) in [5.41, 5.74) is 5.37. The first-order valence-corrected chi connectivity index (χ1v) is 10.2. The molecule has 1 atom stereocenters. The van der Waals surface area contributed by atoms with E-state index in [4.69, 9.17) is 4.74 Å². The average molecular weight is 416 g/mol. The second-order valence-corrected chi connectivity index (χ2v) is 7.59. The third-order valence-electron chi connectivity index (χ3n) is 5.68. The number of anilines is 2. The number of aryl methyl sites for hydroxylation is 2. The van der Waals surface area contributed by atoms with Gasteiger partial charge in [-0.2, -0.15) is 0 Å². The van der Waals surface area contributed by atoms with Crippen LogP contribution in [0.2, 0.25) is 0 Å². The number of fused-ring (bicyclic) bond motifs is 2. The highest BCUT2D eigenvalue weighted by atomic mass is 35.5. The van der Waals surface area contributed by atoms with E-state index in [9.17, 15) is 4.79 Å². The number of rotatable bonds is 5. The quantitative estimate of drug-likeness (QED) is 0.814. The van der Waals surface area contributed by atoms with Gasteiger partial charge in [0.15, 0.2) is 0 Å². The smallest absolute Gasteiger partial charge is 0.252 e. The predicted octanol–water partition coefficient (Wildman–Crippen LogP) is 3.18. The number of benzene rings is 2. The molecule has 1 saturated heterocycles. The van der Waals surface area contributed by atoms with Crippen molar-refractivity contribution in [3.8, 4) is 0 Å². The van der Waals surface area contributed by atoms with Crippen molar-refractivity contribution < 1.29 is 9.53 Å². The van der Waals surface area contributed by atoms with Crippen molar-refractivity contribution >= 4 is 29.7 Å². The third-order valence-corrected chi connectivity index (χ3v) is 5.68. The van der Waals surface area contributed by atoms with Crippen LogP contribution >= 0.6 is 12.4 Å². The molecule has 1 fully saturated rings. The van der Waals surface area contributed by atoms with Crippen LogP contribution in [0, 0.1) is 0 Å². The Morgan fingerprint density at radius 3 is 2.31 bits per heavy atom. The number of nitrogens with one attached hydrogen (secondary N) is 1. The van der Waals surface area contributed by atoms with Crippen LogP contribution in [0.15, 0.2) is 48.5 Å². The summed E-state index contributed by atoms with van der Waals surface area (Å²) in [5.74, 6) is 0.0730. The van der Waals surface area contributed by atoms with Crippen molar-refractivity contribution in [3.05, 3.63) is 59.7 Å². The summed E-state index contributed by atoms with van der Waals surface area (Å²) in [6.07, 6.45) is 2.69. The van der Waals surface area contributed by atoms with Crippen molar-refractivity contribution in [2.75, 3.05) is 44.7 Å². The lowest BCUT2D eigenvalue weighted by Crippen LogP contribution is -2.48. The summed E-state index contributed by atoms with van der Waals surface area (Å²) in [6.45, 7) is 3.64. The normalized spacial score (nSPS) is 18.1. The minimum Gasteiger partial charge on any atom is -0.366 e. The van der Waals surface area contributed by atoms with E-state index in [0.717, 1.165) is 38.9 Å². The van der Waals surface area contributed by atoms with Crippen LogP contribution < -0.4 is 10.2 Å². The third kappa shape index (κ3) is 4.92. The molecule has 6 heteroatoms. The molecule has 2 aromatic rings. The fourth-order valence-electron chi connectivity index (χ4n) is 4.16. The monoisotopic (exact) mass is 415 g/mol. The largest absolute Gasteiger partial charge is 0.366 e. The Kier molecular flexibility index (Phi) is 7.53. The molecule has 0 aromatic heterocycles. The van der Waals surface area contributed by atoms with Gasteiger partial charge in [-0.1, -0.05) is 36.4 Å². The SMILES string of the molecule is CN(CCCN1c2ccccc2CCc2ccccc21)C(=O)C1CNCCO1.Cl. The molecule has 29 heavy (non-hydrogen) atoms. The number of halogens is 1. The number of hydrogen-bond donors (Lipinski definition) is 1. The maximum Gasteiger partial charge on any atom is 0.252 e. The van der Waals surface area contributed by atoms with E-state index >= 15 is 0 Å². The van der Waals surface area contributed by atoms with Crippen molar-refractivity contribution in [3.63, 3.8) is 0 Å². The van der Waals surface area contributed by atoms with Crippen LogP contribution in [0.1, 0.15) is 17.5 Å². The van der Waals surface area contributed by atoms with Gasteiger partial charge in [0.25, 0.3) is 5.91 Å². The van der Waals surface area contributed by atoms with E-state index in [2.05, 4.69) is 58.7 Å². The first-order chi connectivity index (χ1) is 13.7. The number of para-hydroxylation sites is 2. The highest BCUT2D eigenvalue weighted by molar-refractivity contribution is 5.85. The van der Waals surface area contributed by atoms with E-state index in [1.807, 2.05) is 11.9 Å². The van der Waals surface area contributed by atoms with E-state index in [0.29, 0.717) is 13.2 Å². The lowest BCUT2D eigenvalue weighted by Gasteiger charge is -2.30. The van der Waals surface area contributed by atoms with Gasteiger partial charge in [0, 0.05) is 44.6 Å². The Labute approximate surface area is 179 Å². The molecule has 1 amide bonds. The summed E-state index contributed by atoms with van der Waals surface area (Å²) in [4.78, 5) is 16.8. The van der Waals surface area contributed by atoms with Gasteiger partial charge in [0.2, 0.25) is 0 Å². The van der Waals surface area contributed by atoms with Gasteiger partial charge in [0.05, 0.1) is 6.61 Å². The standard InChI is InChI=1S/C23H29N3O2.ClH/c1-25(23(27)22-17-24-13-16-28-22)14-6-15-26-20-9-4-2-7-18(20)11-12-19-8-3-5-10-21(19)26;/h2-5,7-10,22,24H,6,11-17H2,1H3;1H. The summed E-state index contributed by atoms with van der Waals surface area (Å²) < 4.78 is 5.60. The molecule has 2 aliphatic rings. The lowest BCUT2D eigenvalue weighted by molar-refractivity contribution is -0.143. The Morgan fingerprint density at radius 1 is 1.10 bits per heavy atom. The van der Waals surface area contributed by atoms with Gasteiger partial charge in [0.1, 0.15) is 6.10 Å². The van der Waals surface area contributed by atoms with Gasteiger partial charge in [-0.25, -0.2) is 0 Å². The summed E-state index contributed by atoms with van der Waals surface area (Å²) in [7, 11) is 1.88. The van der Waals surface area contributed by atoms with Crippen molar-refractivity contribution in [2.24, 2.45) is 0 Å². The number of carbonyl (C=O) groups excluding carboxylic acids is 1. The zero-order valence-corrected chi connectivity index (χ0v) is 17.8. The van der Waals surface area contributed by atoms with E-state index in [1.165, 1.54) is 22.5 Å². The van der Waals surface area contributed by atoms with Crippen LogP contribution in [0.5, 0.6) is 0 Å². The topological polar surface area (TPSA) is 44.8 Å². The summed E-state index contributed by atoms with van der Waals surface area (Å²) in [6, 6.07) is 17.4. The maximum atomic E-state index is 12.6. The molecule has 2 aromatic carbocycles. The zero-order valence-electron chi connectivity index (χ0n) is 17.0. The second kappa shape index (κ2) is 10.1. The van der Waals surface area contributed by atoms with Gasteiger partial charge in [-0.05, 0) is 42.5 Å². The van der Waals surface area contributed by atoms with E-state index < -0.39 is 0 Å².